The van der Waals surface area contributed by atoms with Gasteiger partial charge in [0.25, 0.3) is 5.69 Å². The Hall–Kier alpha value is -5.14. The van der Waals surface area contributed by atoms with Crippen LogP contribution in [-0.4, -0.2) is 42.1 Å². The summed E-state index contributed by atoms with van der Waals surface area (Å²) in [5, 5.41) is 16.9. The Kier molecular flexibility index (Phi) is 8.74. The number of pyridine rings is 1. The summed E-state index contributed by atoms with van der Waals surface area (Å²) in [5.74, 6) is 0.727. The van der Waals surface area contributed by atoms with Gasteiger partial charge in [0.05, 0.1) is 11.3 Å². The van der Waals surface area contributed by atoms with Crippen molar-refractivity contribution in [1.82, 2.24) is 24.5 Å². The SMILES string of the molecule is Cc1ccc(NC(=O)Oc2ccc([N+](=O)[O-])cc2)cc1Nc1ncccc1-c1ncnc2c1ncn2C1CCCCO1.Cl. The molecule has 0 bridgehead atoms. The number of nitro groups is 1. The van der Waals surface area contributed by atoms with Crippen molar-refractivity contribution in [3.8, 4) is 17.0 Å². The number of aromatic nitrogens is 5. The van der Waals surface area contributed by atoms with Crippen LogP contribution in [0.5, 0.6) is 5.75 Å². The van der Waals surface area contributed by atoms with Crippen LogP contribution in [0.4, 0.5) is 27.7 Å². The maximum Gasteiger partial charge on any atom is 0.417 e. The number of ether oxygens (including phenoxy) is 2. The van der Waals surface area contributed by atoms with E-state index < -0.39 is 11.0 Å². The first-order valence-corrected chi connectivity index (χ1v) is 13.3. The van der Waals surface area contributed by atoms with E-state index in [1.165, 1.54) is 30.6 Å². The number of aryl methyl sites for hydroxylation is 1. The number of carbonyl (C=O) groups is 1. The molecule has 5 aromatic rings. The van der Waals surface area contributed by atoms with Gasteiger partial charge in [-0.25, -0.2) is 24.7 Å². The molecule has 2 N–H and O–H groups in total. The lowest BCUT2D eigenvalue weighted by molar-refractivity contribution is -0.384. The number of benzene rings is 2. The number of anilines is 3. The monoisotopic (exact) mass is 602 g/mol. The quantitative estimate of drug-likeness (QED) is 0.154. The lowest BCUT2D eigenvalue weighted by Crippen LogP contribution is -2.17. The molecule has 0 aliphatic carbocycles. The third kappa shape index (κ3) is 6.37. The minimum absolute atomic E-state index is 0. The number of nitrogens with zero attached hydrogens (tertiary/aromatic N) is 6. The number of imidazole rings is 1. The second kappa shape index (κ2) is 12.8. The second-order valence-electron chi connectivity index (χ2n) is 9.69. The van der Waals surface area contributed by atoms with Gasteiger partial charge in [-0.15, -0.1) is 12.4 Å². The number of nitrogens with one attached hydrogen (secondary N) is 2. The first-order valence-electron chi connectivity index (χ1n) is 13.3. The number of amides is 1. The molecule has 3 aromatic heterocycles. The number of carbonyl (C=O) groups excluding carboxylic acids is 1. The van der Waals surface area contributed by atoms with Crippen molar-refractivity contribution in [3.63, 3.8) is 0 Å². The number of hydrogen-bond donors (Lipinski definition) is 2. The minimum Gasteiger partial charge on any atom is -0.410 e. The highest BCUT2D eigenvalue weighted by Crippen LogP contribution is 2.34. The fourth-order valence-corrected chi connectivity index (χ4v) is 4.75. The fraction of sp³-hybridized carbons (Fsp3) is 0.207. The van der Waals surface area contributed by atoms with E-state index in [0.29, 0.717) is 40.7 Å². The summed E-state index contributed by atoms with van der Waals surface area (Å²) in [5.41, 5.74) is 4.68. The molecule has 1 atom stereocenters. The van der Waals surface area contributed by atoms with Crippen molar-refractivity contribution in [1.29, 1.82) is 0 Å². The number of hydrogen-bond acceptors (Lipinski definition) is 10. The summed E-state index contributed by atoms with van der Waals surface area (Å²) in [6.45, 7) is 2.64. The van der Waals surface area contributed by atoms with Crippen molar-refractivity contribution in [3.05, 3.63) is 89.1 Å². The molecule has 0 radical (unpaired) electrons. The lowest BCUT2D eigenvalue weighted by atomic mass is 10.1. The topological polar surface area (TPSA) is 159 Å². The molecular weight excluding hydrogens is 576 g/mol. The molecule has 4 heterocycles. The summed E-state index contributed by atoms with van der Waals surface area (Å²) in [6, 6.07) is 14.3. The van der Waals surface area contributed by atoms with Crippen LogP contribution in [0.25, 0.3) is 22.4 Å². The molecule has 14 heteroatoms. The van der Waals surface area contributed by atoms with Crippen molar-refractivity contribution in [2.24, 2.45) is 0 Å². The minimum atomic E-state index is -0.738. The molecule has 1 aliphatic heterocycles. The van der Waals surface area contributed by atoms with Gasteiger partial charge in [-0.1, -0.05) is 6.07 Å². The Labute approximate surface area is 251 Å². The van der Waals surface area contributed by atoms with Crippen molar-refractivity contribution < 1.29 is 19.2 Å². The van der Waals surface area contributed by atoms with Gasteiger partial charge in [0.15, 0.2) is 5.65 Å². The summed E-state index contributed by atoms with van der Waals surface area (Å²) >= 11 is 0. The highest BCUT2D eigenvalue weighted by molar-refractivity contribution is 5.92. The van der Waals surface area contributed by atoms with E-state index in [-0.39, 0.29) is 30.1 Å². The molecule has 1 aliphatic rings. The summed E-state index contributed by atoms with van der Waals surface area (Å²) in [6.07, 6.45) is 7.12. The van der Waals surface area contributed by atoms with E-state index in [4.69, 9.17) is 9.47 Å². The molecule has 1 unspecified atom stereocenters. The molecule has 1 saturated heterocycles. The Morgan fingerprint density at radius 2 is 1.93 bits per heavy atom. The summed E-state index contributed by atoms with van der Waals surface area (Å²) in [7, 11) is 0. The molecule has 0 spiro atoms. The van der Waals surface area contributed by atoms with E-state index in [1.807, 2.05) is 29.7 Å². The van der Waals surface area contributed by atoms with E-state index >= 15 is 0 Å². The highest BCUT2D eigenvalue weighted by atomic mass is 35.5. The number of non-ortho nitro benzene ring substituents is 1. The Bertz CT molecular complexity index is 1770. The van der Waals surface area contributed by atoms with Crippen LogP contribution in [0.3, 0.4) is 0 Å². The van der Waals surface area contributed by atoms with Crippen LogP contribution in [0.1, 0.15) is 31.1 Å². The van der Waals surface area contributed by atoms with Gasteiger partial charge in [0, 0.05) is 41.9 Å². The molecule has 43 heavy (non-hydrogen) atoms. The predicted octanol–water partition coefficient (Wildman–Crippen LogP) is 6.58. The van der Waals surface area contributed by atoms with E-state index in [2.05, 4.69) is 30.6 Å². The van der Waals surface area contributed by atoms with Crippen LogP contribution in [0, 0.1) is 17.0 Å². The molecule has 0 saturated carbocycles. The number of halogens is 1. The van der Waals surface area contributed by atoms with E-state index in [1.54, 1.807) is 24.7 Å². The lowest BCUT2D eigenvalue weighted by Gasteiger charge is -2.23. The highest BCUT2D eigenvalue weighted by Gasteiger charge is 2.22. The zero-order valence-electron chi connectivity index (χ0n) is 23.0. The Balaban J connectivity index is 0.00000368. The van der Waals surface area contributed by atoms with Crippen molar-refractivity contribution in [2.45, 2.75) is 32.4 Å². The van der Waals surface area contributed by atoms with Gasteiger partial charge in [-0.3, -0.25) is 20.0 Å². The molecule has 6 rings (SSSR count). The van der Waals surface area contributed by atoms with Gasteiger partial charge in [-0.2, -0.15) is 0 Å². The second-order valence-corrected chi connectivity index (χ2v) is 9.69. The maximum absolute atomic E-state index is 12.5. The van der Waals surface area contributed by atoms with Gasteiger partial charge in [-0.05, 0) is 68.1 Å². The van der Waals surface area contributed by atoms with Crippen molar-refractivity contribution in [2.75, 3.05) is 17.2 Å². The molecule has 1 fully saturated rings. The Morgan fingerprint density at radius 1 is 1.09 bits per heavy atom. The zero-order chi connectivity index (χ0) is 29.1. The Morgan fingerprint density at radius 3 is 2.70 bits per heavy atom. The fourth-order valence-electron chi connectivity index (χ4n) is 4.75. The van der Waals surface area contributed by atoms with Gasteiger partial charge < -0.3 is 14.8 Å². The number of rotatable bonds is 7. The average Bonchev–Trinajstić information content (AvgIpc) is 3.44. The number of fused-ring (bicyclic) bond motifs is 1. The molecule has 2 aromatic carbocycles. The molecule has 1 amide bonds. The number of nitro benzene ring substituents is 1. The predicted molar refractivity (Wildman–Crippen MR) is 162 cm³/mol. The van der Waals surface area contributed by atoms with E-state index in [9.17, 15) is 14.9 Å². The third-order valence-corrected chi connectivity index (χ3v) is 6.88. The largest absolute Gasteiger partial charge is 0.417 e. The van der Waals surface area contributed by atoms with Crippen LogP contribution < -0.4 is 15.4 Å². The summed E-state index contributed by atoms with van der Waals surface area (Å²) in [4.78, 5) is 41.1. The average molecular weight is 603 g/mol. The first kappa shape index (κ1) is 29.4. The maximum atomic E-state index is 12.5. The third-order valence-electron chi connectivity index (χ3n) is 6.88. The normalized spacial score (nSPS) is 14.5. The van der Waals surface area contributed by atoms with Crippen LogP contribution in [-0.2, 0) is 4.74 Å². The van der Waals surface area contributed by atoms with Gasteiger partial charge in [0.2, 0.25) is 0 Å². The molecule has 220 valence electrons. The molecule has 13 nitrogen and oxygen atoms in total. The van der Waals surface area contributed by atoms with Gasteiger partial charge >= 0.3 is 6.09 Å². The summed E-state index contributed by atoms with van der Waals surface area (Å²) < 4.78 is 13.2. The van der Waals surface area contributed by atoms with Crippen LogP contribution in [0.15, 0.2) is 73.4 Å². The standard InChI is InChI=1S/C29H26N8O5.ClH/c1-18-7-8-19(34-29(38)42-21-11-9-20(10-12-21)37(39)40)15-23(18)35-27-22(5-4-13-30-27)25-26-28(32-16-31-25)36(17-33-26)24-6-2-3-14-41-24;/h4-5,7-13,15-17,24H,2-3,6,14H2,1H3,(H,30,35)(H,34,38);1H. The first-order chi connectivity index (χ1) is 20.5. The van der Waals surface area contributed by atoms with Crippen LogP contribution >= 0.6 is 12.4 Å². The smallest absolute Gasteiger partial charge is 0.410 e. The molecular formula is C29H27ClN8O5. The van der Waals surface area contributed by atoms with Gasteiger partial charge in [0.1, 0.15) is 35.3 Å². The zero-order valence-corrected chi connectivity index (χ0v) is 23.8. The van der Waals surface area contributed by atoms with Crippen molar-refractivity contribution >= 4 is 52.5 Å². The van der Waals surface area contributed by atoms with Crippen LogP contribution in [0.2, 0.25) is 0 Å². The van der Waals surface area contributed by atoms with E-state index in [0.717, 1.165) is 30.4 Å².